The number of halogens is 3. The number of rotatable bonds is 1. The van der Waals surface area contributed by atoms with E-state index in [-0.39, 0.29) is 6.42 Å². The molecule has 13 heavy (non-hydrogen) atoms. The van der Waals surface area contributed by atoms with Gasteiger partial charge >= 0.3 is 12.1 Å². The standard InChI is InChI=1S/C8H11F3O2/c1-7(2)3-4(6(12)13)5(7)8(9,10)11/h4-5H,3H2,1-2H3,(H,12,13). The van der Waals surface area contributed by atoms with Crippen LogP contribution >= 0.6 is 0 Å². The topological polar surface area (TPSA) is 37.3 Å². The zero-order valence-corrected chi connectivity index (χ0v) is 7.35. The highest BCUT2D eigenvalue weighted by Gasteiger charge is 2.63. The Labute approximate surface area is 73.7 Å². The van der Waals surface area contributed by atoms with Gasteiger partial charge in [-0.2, -0.15) is 13.2 Å². The van der Waals surface area contributed by atoms with Crippen molar-refractivity contribution in [3.05, 3.63) is 0 Å². The number of carbonyl (C=O) groups is 1. The Morgan fingerprint density at radius 3 is 2.08 bits per heavy atom. The Hall–Kier alpha value is -0.740. The molecule has 5 heteroatoms. The fraction of sp³-hybridized carbons (Fsp3) is 0.875. The van der Waals surface area contributed by atoms with Crippen molar-refractivity contribution in [3.8, 4) is 0 Å². The molecule has 76 valence electrons. The van der Waals surface area contributed by atoms with Gasteiger partial charge in [0.15, 0.2) is 0 Å². The fourth-order valence-electron chi connectivity index (χ4n) is 2.10. The molecule has 1 N–H and O–H groups in total. The van der Waals surface area contributed by atoms with Crippen LogP contribution in [-0.2, 0) is 4.79 Å². The predicted molar refractivity (Wildman–Crippen MR) is 39.1 cm³/mol. The molecule has 2 atom stereocenters. The van der Waals surface area contributed by atoms with E-state index in [0.717, 1.165) is 0 Å². The van der Waals surface area contributed by atoms with Gasteiger partial charge in [-0.05, 0) is 11.8 Å². The molecule has 0 aliphatic heterocycles. The summed E-state index contributed by atoms with van der Waals surface area (Å²) in [5, 5.41) is 8.50. The Balaban J connectivity index is 2.83. The van der Waals surface area contributed by atoms with Crippen LogP contribution in [0, 0.1) is 17.3 Å². The van der Waals surface area contributed by atoms with E-state index in [2.05, 4.69) is 0 Å². The summed E-state index contributed by atoms with van der Waals surface area (Å²) in [4.78, 5) is 10.4. The van der Waals surface area contributed by atoms with Crippen LogP contribution in [0.4, 0.5) is 13.2 Å². The molecule has 2 unspecified atom stereocenters. The lowest BCUT2D eigenvalue weighted by molar-refractivity contribution is -0.259. The Morgan fingerprint density at radius 1 is 1.46 bits per heavy atom. The molecule has 1 aliphatic rings. The van der Waals surface area contributed by atoms with E-state index in [1.807, 2.05) is 0 Å². The van der Waals surface area contributed by atoms with E-state index in [9.17, 15) is 18.0 Å². The smallest absolute Gasteiger partial charge is 0.393 e. The summed E-state index contributed by atoms with van der Waals surface area (Å²) >= 11 is 0. The number of hydrogen-bond donors (Lipinski definition) is 1. The molecule has 2 nitrogen and oxygen atoms in total. The van der Waals surface area contributed by atoms with E-state index >= 15 is 0 Å². The lowest BCUT2D eigenvalue weighted by Crippen LogP contribution is -2.54. The fourth-order valence-corrected chi connectivity index (χ4v) is 2.10. The third kappa shape index (κ3) is 1.64. The molecule has 0 spiro atoms. The van der Waals surface area contributed by atoms with E-state index in [4.69, 9.17) is 5.11 Å². The summed E-state index contributed by atoms with van der Waals surface area (Å²) in [7, 11) is 0. The number of carboxylic acid groups (broad SMARTS) is 1. The average molecular weight is 196 g/mol. The van der Waals surface area contributed by atoms with Crippen molar-refractivity contribution in [2.24, 2.45) is 17.3 Å². The van der Waals surface area contributed by atoms with E-state index in [0.29, 0.717) is 0 Å². The second-order valence-corrected chi connectivity index (χ2v) is 4.16. The minimum atomic E-state index is -4.40. The summed E-state index contributed by atoms with van der Waals surface area (Å²) in [6, 6.07) is 0. The lowest BCUT2D eigenvalue weighted by atomic mass is 9.55. The molecule has 0 saturated heterocycles. The molecule has 0 radical (unpaired) electrons. The molecular formula is C8H11F3O2. The maximum absolute atomic E-state index is 12.3. The molecule has 1 aliphatic carbocycles. The van der Waals surface area contributed by atoms with Gasteiger partial charge in [-0.1, -0.05) is 13.8 Å². The summed E-state index contributed by atoms with van der Waals surface area (Å²) in [5.41, 5.74) is -0.929. The molecular weight excluding hydrogens is 185 g/mol. The molecule has 0 amide bonds. The first-order valence-corrected chi connectivity index (χ1v) is 3.96. The number of carboxylic acids is 1. The average Bonchev–Trinajstić information content (AvgIpc) is 1.78. The van der Waals surface area contributed by atoms with Crippen molar-refractivity contribution < 1.29 is 23.1 Å². The van der Waals surface area contributed by atoms with Crippen molar-refractivity contribution in [2.45, 2.75) is 26.4 Å². The minimum Gasteiger partial charge on any atom is -0.481 e. The maximum atomic E-state index is 12.3. The van der Waals surface area contributed by atoms with Crippen LogP contribution in [0.25, 0.3) is 0 Å². The third-order valence-corrected chi connectivity index (χ3v) is 2.66. The monoisotopic (exact) mass is 196 g/mol. The van der Waals surface area contributed by atoms with Crippen molar-refractivity contribution in [1.82, 2.24) is 0 Å². The van der Waals surface area contributed by atoms with Crippen LogP contribution in [0.15, 0.2) is 0 Å². The highest BCUT2D eigenvalue weighted by Crippen LogP contribution is 2.57. The van der Waals surface area contributed by atoms with Crippen LogP contribution in [0.3, 0.4) is 0 Å². The second-order valence-electron chi connectivity index (χ2n) is 4.16. The third-order valence-electron chi connectivity index (χ3n) is 2.66. The lowest BCUT2D eigenvalue weighted by Gasteiger charge is -2.49. The molecule has 1 rings (SSSR count). The van der Waals surface area contributed by atoms with Crippen LogP contribution in [0.1, 0.15) is 20.3 Å². The van der Waals surface area contributed by atoms with Crippen LogP contribution < -0.4 is 0 Å². The van der Waals surface area contributed by atoms with E-state index in [1.54, 1.807) is 0 Å². The molecule has 0 aromatic rings. The molecule has 1 saturated carbocycles. The summed E-state index contributed by atoms with van der Waals surface area (Å²) in [6.07, 6.45) is -4.29. The van der Waals surface area contributed by atoms with Crippen molar-refractivity contribution in [1.29, 1.82) is 0 Å². The first-order chi connectivity index (χ1) is 5.66. The van der Waals surface area contributed by atoms with Gasteiger partial charge in [0.05, 0.1) is 11.8 Å². The summed E-state index contributed by atoms with van der Waals surface area (Å²) in [5.74, 6) is -4.30. The second kappa shape index (κ2) is 2.62. The van der Waals surface area contributed by atoms with Gasteiger partial charge in [-0.15, -0.1) is 0 Å². The number of hydrogen-bond acceptors (Lipinski definition) is 1. The summed E-state index contributed by atoms with van der Waals surface area (Å²) in [6.45, 7) is 2.90. The Kier molecular flexibility index (Phi) is 2.09. The van der Waals surface area contributed by atoms with Gasteiger partial charge < -0.3 is 5.11 Å². The van der Waals surface area contributed by atoms with Gasteiger partial charge in [-0.3, -0.25) is 4.79 Å². The predicted octanol–water partition coefficient (Wildman–Crippen LogP) is 2.30. The van der Waals surface area contributed by atoms with Crippen LogP contribution in [0.2, 0.25) is 0 Å². The van der Waals surface area contributed by atoms with Crippen molar-refractivity contribution >= 4 is 5.97 Å². The van der Waals surface area contributed by atoms with E-state index in [1.165, 1.54) is 13.8 Å². The molecule has 0 aromatic carbocycles. The van der Waals surface area contributed by atoms with E-state index < -0.39 is 29.4 Å². The van der Waals surface area contributed by atoms with Crippen molar-refractivity contribution in [2.75, 3.05) is 0 Å². The van der Waals surface area contributed by atoms with Crippen LogP contribution in [0.5, 0.6) is 0 Å². The maximum Gasteiger partial charge on any atom is 0.393 e. The van der Waals surface area contributed by atoms with Gasteiger partial charge in [-0.25, -0.2) is 0 Å². The zero-order valence-electron chi connectivity index (χ0n) is 7.35. The van der Waals surface area contributed by atoms with Crippen LogP contribution in [-0.4, -0.2) is 17.3 Å². The zero-order chi connectivity index (χ0) is 10.4. The number of alkyl halides is 3. The van der Waals surface area contributed by atoms with Gasteiger partial charge in [0.1, 0.15) is 0 Å². The highest BCUT2D eigenvalue weighted by atomic mass is 19.4. The Morgan fingerprint density at radius 2 is 1.92 bits per heavy atom. The minimum absolute atomic E-state index is 0.104. The normalized spacial score (nSPS) is 32.4. The SMILES string of the molecule is CC1(C)CC(C(=O)O)C1C(F)(F)F. The first kappa shape index (κ1) is 10.3. The van der Waals surface area contributed by atoms with Crippen molar-refractivity contribution in [3.63, 3.8) is 0 Å². The summed E-state index contributed by atoms with van der Waals surface area (Å²) < 4.78 is 37.0. The quantitative estimate of drug-likeness (QED) is 0.698. The van der Waals surface area contributed by atoms with Gasteiger partial charge in [0.2, 0.25) is 0 Å². The first-order valence-electron chi connectivity index (χ1n) is 3.96. The Bertz CT molecular complexity index is 222. The highest BCUT2D eigenvalue weighted by molar-refractivity contribution is 5.72. The largest absolute Gasteiger partial charge is 0.481 e. The van der Waals surface area contributed by atoms with Gasteiger partial charge in [0.25, 0.3) is 0 Å². The number of aliphatic carboxylic acids is 1. The molecule has 0 aromatic heterocycles. The van der Waals surface area contributed by atoms with Gasteiger partial charge in [0, 0.05) is 0 Å². The molecule has 1 fully saturated rings. The molecule has 0 bridgehead atoms. The molecule has 0 heterocycles.